The fourth-order valence-electron chi connectivity index (χ4n) is 2.86. The lowest BCUT2D eigenvalue weighted by Crippen LogP contribution is -2.11. The molecule has 0 atom stereocenters. The zero-order valence-electron chi connectivity index (χ0n) is 12.4. The lowest BCUT2D eigenvalue weighted by atomic mass is 9.96. The maximum absolute atomic E-state index is 12.4. The third kappa shape index (κ3) is 2.81. The molecule has 0 unspecified atom stereocenters. The van der Waals surface area contributed by atoms with Crippen LogP contribution in [0.4, 0.5) is 0 Å². The van der Waals surface area contributed by atoms with E-state index in [1.807, 2.05) is 54.6 Å². The number of fused-ring (bicyclic) bond motifs is 1. The molecular weight excluding hydrogens is 274 g/mol. The van der Waals surface area contributed by atoms with Gasteiger partial charge in [0.15, 0.2) is 0 Å². The summed E-state index contributed by atoms with van der Waals surface area (Å²) in [5.74, 6) is 0. The first-order chi connectivity index (χ1) is 10.8. The molecule has 0 aliphatic rings. The molecule has 0 saturated heterocycles. The Balaban J connectivity index is 2.21. The number of aromatic nitrogens is 1. The van der Waals surface area contributed by atoms with E-state index in [0.717, 1.165) is 46.9 Å². The van der Waals surface area contributed by atoms with Crippen LogP contribution < -0.4 is 5.56 Å². The van der Waals surface area contributed by atoms with E-state index >= 15 is 0 Å². The van der Waals surface area contributed by atoms with Crippen LogP contribution in [-0.4, -0.2) is 16.7 Å². The summed E-state index contributed by atoms with van der Waals surface area (Å²) >= 11 is 0. The molecule has 3 rings (SSSR count). The van der Waals surface area contributed by atoms with E-state index in [1.54, 1.807) is 0 Å². The summed E-state index contributed by atoms with van der Waals surface area (Å²) in [6.45, 7) is 0.196. The van der Waals surface area contributed by atoms with Crippen molar-refractivity contribution in [2.24, 2.45) is 0 Å². The van der Waals surface area contributed by atoms with Crippen LogP contribution in [0.5, 0.6) is 0 Å². The summed E-state index contributed by atoms with van der Waals surface area (Å²) < 4.78 is 0. The Morgan fingerprint density at radius 3 is 2.27 bits per heavy atom. The number of aryl methyl sites for hydroxylation is 1. The SMILES string of the molecule is O=c1[nH]c(-c2ccccc2)c(CCCCO)c2ccccc12. The summed E-state index contributed by atoms with van der Waals surface area (Å²) in [6, 6.07) is 17.6. The number of hydrogen-bond donors (Lipinski definition) is 2. The summed E-state index contributed by atoms with van der Waals surface area (Å²) in [5.41, 5.74) is 3.00. The molecule has 0 aliphatic carbocycles. The number of nitrogens with one attached hydrogen (secondary N) is 1. The molecule has 0 radical (unpaired) electrons. The molecule has 3 aromatic rings. The quantitative estimate of drug-likeness (QED) is 0.707. The number of aliphatic hydroxyl groups excluding tert-OH is 1. The van der Waals surface area contributed by atoms with Gasteiger partial charge in [-0.25, -0.2) is 0 Å². The molecule has 1 heterocycles. The molecule has 3 heteroatoms. The van der Waals surface area contributed by atoms with E-state index in [-0.39, 0.29) is 12.2 Å². The van der Waals surface area contributed by atoms with Gasteiger partial charge in [0.1, 0.15) is 0 Å². The first-order valence-electron chi connectivity index (χ1n) is 7.61. The average Bonchev–Trinajstić information content (AvgIpc) is 2.58. The highest BCUT2D eigenvalue weighted by Crippen LogP contribution is 2.27. The van der Waals surface area contributed by atoms with E-state index in [2.05, 4.69) is 4.98 Å². The predicted octanol–water partition coefficient (Wildman–Crippen LogP) is 3.51. The van der Waals surface area contributed by atoms with Crippen molar-refractivity contribution in [2.45, 2.75) is 19.3 Å². The Labute approximate surface area is 129 Å². The maximum Gasteiger partial charge on any atom is 0.256 e. The number of aromatic amines is 1. The Morgan fingerprint density at radius 2 is 1.55 bits per heavy atom. The van der Waals surface area contributed by atoms with Crippen molar-refractivity contribution >= 4 is 10.8 Å². The van der Waals surface area contributed by atoms with E-state index in [9.17, 15) is 4.79 Å². The summed E-state index contributed by atoms with van der Waals surface area (Å²) in [4.78, 5) is 15.4. The van der Waals surface area contributed by atoms with Gasteiger partial charge < -0.3 is 10.1 Å². The molecule has 3 nitrogen and oxygen atoms in total. The van der Waals surface area contributed by atoms with Gasteiger partial charge >= 0.3 is 0 Å². The van der Waals surface area contributed by atoms with Gasteiger partial charge in [-0.05, 0) is 41.8 Å². The average molecular weight is 293 g/mol. The molecule has 2 aromatic carbocycles. The Morgan fingerprint density at radius 1 is 0.864 bits per heavy atom. The van der Waals surface area contributed by atoms with Crippen LogP contribution in [0.25, 0.3) is 22.0 Å². The van der Waals surface area contributed by atoms with E-state index in [0.29, 0.717) is 0 Å². The van der Waals surface area contributed by atoms with Gasteiger partial charge in [0.25, 0.3) is 5.56 Å². The second-order valence-electron chi connectivity index (χ2n) is 5.40. The van der Waals surface area contributed by atoms with Gasteiger partial charge in [0.2, 0.25) is 0 Å². The largest absolute Gasteiger partial charge is 0.396 e. The van der Waals surface area contributed by atoms with Crippen LogP contribution in [0.3, 0.4) is 0 Å². The second-order valence-corrected chi connectivity index (χ2v) is 5.40. The number of pyridine rings is 1. The monoisotopic (exact) mass is 293 g/mol. The second kappa shape index (κ2) is 6.58. The van der Waals surface area contributed by atoms with Crippen LogP contribution in [-0.2, 0) is 6.42 Å². The molecule has 2 N–H and O–H groups in total. The molecule has 0 amide bonds. The molecule has 0 aliphatic heterocycles. The molecular formula is C19H19NO2. The van der Waals surface area contributed by atoms with Crippen molar-refractivity contribution in [1.82, 2.24) is 4.98 Å². The smallest absolute Gasteiger partial charge is 0.256 e. The Bertz CT molecular complexity index is 822. The van der Waals surface area contributed by atoms with E-state index < -0.39 is 0 Å². The number of hydrogen-bond acceptors (Lipinski definition) is 2. The topological polar surface area (TPSA) is 53.1 Å². The van der Waals surface area contributed by atoms with Crippen molar-refractivity contribution in [3.63, 3.8) is 0 Å². The van der Waals surface area contributed by atoms with Crippen LogP contribution in [0.2, 0.25) is 0 Å². The molecule has 0 saturated carbocycles. The third-order valence-electron chi connectivity index (χ3n) is 3.93. The third-order valence-corrected chi connectivity index (χ3v) is 3.93. The fourth-order valence-corrected chi connectivity index (χ4v) is 2.86. The number of aliphatic hydroxyl groups is 1. The molecule has 0 spiro atoms. The lowest BCUT2D eigenvalue weighted by molar-refractivity contribution is 0.284. The number of benzene rings is 2. The van der Waals surface area contributed by atoms with Crippen molar-refractivity contribution in [3.05, 3.63) is 70.5 Å². The number of unbranched alkanes of at least 4 members (excludes halogenated alkanes) is 1. The van der Waals surface area contributed by atoms with Gasteiger partial charge in [-0.15, -0.1) is 0 Å². The van der Waals surface area contributed by atoms with Crippen molar-refractivity contribution in [3.8, 4) is 11.3 Å². The minimum Gasteiger partial charge on any atom is -0.396 e. The van der Waals surface area contributed by atoms with Gasteiger partial charge in [-0.3, -0.25) is 4.79 Å². The molecule has 1 aromatic heterocycles. The van der Waals surface area contributed by atoms with Crippen molar-refractivity contribution in [1.29, 1.82) is 0 Å². The summed E-state index contributed by atoms with van der Waals surface area (Å²) in [6.07, 6.45) is 2.50. The summed E-state index contributed by atoms with van der Waals surface area (Å²) in [7, 11) is 0. The number of rotatable bonds is 5. The van der Waals surface area contributed by atoms with E-state index in [1.165, 1.54) is 0 Å². The highest BCUT2D eigenvalue weighted by atomic mass is 16.2. The van der Waals surface area contributed by atoms with Gasteiger partial charge in [0, 0.05) is 12.0 Å². The summed E-state index contributed by atoms with van der Waals surface area (Å²) in [5, 5.41) is 10.8. The highest BCUT2D eigenvalue weighted by Gasteiger charge is 2.12. The number of H-pyrrole nitrogens is 1. The molecule has 0 bridgehead atoms. The van der Waals surface area contributed by atoms with Crippen molar-refractivity contribution < 1.29 is 5.11 Å². The lowest BCUT2D eigenvalue weighted by Gasteiger charge is -2.13. The normalized spacial score (nSPS) is 11.0. The Kier molecular flexibility index (Phi) is 4.35. The van der Waals surface area contributed by atoms with E-state index in [4.69, 9.17) is 5.11 Å². The van der Waals surface area contributed by atoms with Gasteiger partial charge in [0.05, 0.1) is 5.69 Å². The van der Waals surface area contributed by atoms with Crippen LogP contribution in [0.1, 0.15) is 18.4 Å². The van der Waals surface area contributed by atoms with Crippen LogP contribution in [0, 0.1) is 0 Å². The predicted molar refractivity (Wildman–Crippen MR) is 90.0 cm³/mol. The first-order valence-corrected chi connectivity index (χ1v) is 7.61. The molecule has 0 fully saturated rings. The standard InChI is InChI=1S/C19H19NO2/c21-13-7-6-11-16-15-10-4-5-12-17(15)19(22)20-18(16)14-8-2-1-3-9-14/h1-5,8-10,12,21H,6-7,11,13H2,(H,20,22). The van der Waals surface area contributed by atoms with Gasteiger partial charge in [-0.1, -0.05) is 48.5 Å². The highest BCUT2D eigenvalue weighted by molar-refractivity contribution is 5.89. The van der Waals surface area contributed by atoms with Crippen LogP contribution >= 0.6 is 0 Å². The zero-order valence-corrected chi connectivity index (χ0v) is 12.4. The molecule has 22 heavy (non-hydrogen) atoms. The van der Waals surface area contributed by atoms with Crippen LogP contribution in [0.15, 0.2) is 59.4 Å². The Hall–Kier alpha value is -2.39. The maximum atomic E-state index is 12.4. The van der Waals surface area contributed by atoms with Gasteiger partial charge in [-0.2, -0.15) is 0 Å². The minimum atomic E-state index is -0.0552. The zero-order chi connectivity index (χ0) is 15.4. The molecule has 112 valence electrons. The minimum absolute atomic E-state index is 0.0552. The first kappa shape index (κ1) is 14.5. The van der Waals surface area contributed by atoms with Crippen molar-refractivity contribution in [2.75, 3.05) is 6.61 Å². The fraction of sp³-hybridized carbons (Fsp3) is 0.211.